The van der Waals surface area contributed by atoms with Crippen LogP contribution in [0.3, 0.4) is 0 Å². The van der Waals surface area contributed by atoms with Crippen LogP contribution in [0.5, 0.6) is 0 Å². The molecule has 0 radical (unpaired) electrons. The second kappa shape index (κ2) is 5.03. The smallest absolute Gasteiger partial charge is 0.0656 e. The minimum Gasteiger partial charge on any atom is -0.328 e. The summed E-state index contributed by atoms with van der Waals surface area (Å²) >= 11 is 2.05. The quantitative estimate of drug-likeness (QED) is 0.826. The molecule has 1 aromatic rings. The lowest BCUT2D eigenvalue weighted by atomic mass is 9.98. The van der Waals surface area contributed by atoms with Crippen molar-refractivity contribution in [3.8, 4) is 0 Å². The van der Waals surface area contributed by atoms with Crippen molar-refractivity contribution in [2.75, 3.05) is 11.5 Å². The van der Waals surface area contributed by atoms with Crippen LogP contribution in [0.2, 0.25) is 0 Å². The van der Waals surface area contributed by atoms with Crippen molar-refractivity contribution in [2.45, 2.75) is 38.1 Å². The number of aromatic nitrogens is 2. The first-order chi connectivity index (χ1) is 7.25. The third kappa shape index (κ3) is 2.98. The Hall–Kier alpha value is -0.480. The van der Waals surface area contributed by atoms with E-state index in [0.717, 1.165) is 6.42 Å². The average Bonchev–Trinajstić information content (AvgIpc) is 2.67. The SMILES string of the molecule is CC(N)Cc1cc(C2CCSCC2)n[nH]1. The topological polar surface area (TPSA) is 54.7 Å². The maximum atomic E-state index is 5.76. The van der Waals surface area contributed by atoms with Gasteiger partial charge in [0.25, 0.3) is 0 Å². The highest BCUT2D eigenvalue weighted by Crippen LogP contribution is 2.30. The van der Waals surface area contributed by atoms with Crippen molar-refractivity contribution in [1.82, 2.24) is 10.2 Å². The van der Waals surface area contributed by atoms with Gasteiger partial charge in [-0.1, -0.05) is 0 Å². The second-order valence-electron chi connectivity index (χ2n) is 4.39. The lowest BCUT2D eigenvalue weighted by Crippen LogP contribution is -2.17. The van der Waals surface area contributed by atoms with E-state index in [1.807, 2.05) is 6.92 Å². The molecule has 4 heteroatoms. The predicted molar refractivity (Wildman–Crippen MR) is 65.2 cm³/mol. The van der Waals surface area contributed by atoms with E-state index in [1.54, 1.807) is 0 Å². The second-order valence-corrected chi connectivity index (χ2v) is 5.61. The predicted octanol–water partition coefficient (Wildman–Crippen LogP) is 1.91. The number of nitrogens with two attached hydrogens (primary N) is 1. The first kappa shape index (κ1) is 11.0. The zero-order chi connectivity index (χ0) is 10.7. The molecule has 0 bridgehead atoms. The lowest BCUT2D eigenvalue weighted by Gasteiger charge is -2.18. The molecule has 0 amide bonds. The number of hydrogen-bond acceptors (Lipinski definition) is 3. The number of thioether (sulfide) groups is 1. The van der Waals surface area contributed by atoms with E-state index in [0.29, 0.717) is 5.92 Å². The van der Waals surface area contributed by atoms with Gasteiger partial charge in [-0.15, -0.1) is 0 Å². The molecule has 84 valence electrons. The van der Waals surface area contributed by atoms with E-state index in [-0.39, 0.29) is 6.04 Å². The van der Waals surface area contributed by atoms with Crippen LogP contribution in [0, 0.1) is 0 Å². The third-order valence-corrected chi connectivity index (χ3v) is 3.88. The summed E-state index contributed by atoms with van der Waals surface area (Å²) in [6, 6.07) is 2.41. The van der Waals surface area contributed by atoms with Crippen LogP contribution in [0.25, 0.3) is 0 Å². The van der Waals surface area contributed by atoms with E-state index in [2.05, 4.69) is 28.0 Å². The molecular weight excluding hydrogens is 206 g/mol. The van der Waals surface area contributed by atoms with Crippen molar-refractivity contribution < 1.29 is 0 Å². The first-order valence-corrected chi connectivity index (χ1v) is 6.78. The molecule has 0 aromatic carbocycles. The number of nitrogens with zero attached hydrogens (tertiary/aromatic N) is 1. The summed E-state index contributed by atoms with van der Waals surface area (Å²) in [7, 11) is 0. The van der Waals surface area contributed by atoms with Gasteiger partial charge in [0.2, 0.25) is 0 Å². The number of hydrogen-bond donors (Lipinski definition) is 2. The highest BCUT2D eigenvalue weighted by molar-refractivity contribution is 7.99. The summed E-state index contributed by atoms with van der Waals surface area (Å²) in [5.41, 5.74) is 8.18. The molecule has 0 aliphatic carbocycles. The van der Waals surface area contributed by atoms with Crippen molar-refractivity contribution in [1.29, 1.82) is 0 Å². The number of rotatable bonds is 3. The summed E-state index contributed by atoms with van der Waals surface area (Å²) in [6.07, 6.45) is 3.44. The molecule has 3 nitrogen and oxygen atoms in total. The van der Waals surface area contributed by atoms with Gasteiger partial charge < -0.3 is 5.73 Å². The Balaban J connectivity index is 1.99. The van der Waals surface area contributed by atoms with E-state index < -0.39 is 0 Å². The van der Waals surface area contributed by atoms with Crippen LogP contribution in [0.4, 0.5) is 0 Å². The largest absolute Gasteiger partial charge is 0.328 e. The normalized spacial score (nSPS) is 20.4. The van der Waals surface area contributed by atoms with Gasteiger partial charge in [0, 0.05) is 24.1 Å². The fourth-order valence-corrected chi connectivity index (χ4v) is 3.14. The van der Waals surface area contributed by atoms with E-state index >= 15 is 0 Å². The van der Waals surface area contributed by atoms with Gasteiger partial charge in [0.15, 0.2) is 0 Å². The van der Waals surface area contributed by atoms with Gasteiger partial charge in [-0.3, -0.25) is 5.10 Å². The molecule has 1 saturated heterocycles. The third-order valence-electron chi connectivity index (χ3n) is 2.83. The molecular formula is C11H19N3S. The number of H-pyrrole nitrogens is 1. The molecule has 0 saturated carbocycles. The summed E-state index contributed by atoms with van der Waals surface area (Å²) in [4.78, 5) is 0. The standard InChI is InChI=1S/C11H19N3S/c1-8(12)6-10-7-11(14-13-10)9-2-4-15-5-3-9/h7-9H,2-6,12H2,1H3,(H,13,14). The van der Waals surface area contributed by atoms with Crippen LogP contribution in [-0.2, 0) is 6.42 Å². The van der Waals surface area contributed by atoms with Crippen molar-refractivity contribution in [3.63, 3.8) is 0 Å². The summed E-state index contributed by atoms with van der Waals surface area (Å²) in [5.74, 6) is 3.23. The molecule has 2 heterocycles. The molecule has 1 atom stereocenters. The van der Waals surface area contributed by atoms with Crippen LogP contribution in [0.1, 0.15) is 37.1 Å². The Kier molecular flexibility index (Phi) is 3.70. The van der Waals surface area contributed by atoms with Gasteiger partial charge in [0.1, 0.15) is 0 Å². The van der Waals surface area contributed by atoms with Gasteiger partial charge in [-0.05, 0) is 37.3 Å². The first-order valence-electron chi connectivity index (χ1n) is 5.63. The van der Waals surface area contributed by atoms with Crippen LogP contribution < -0.4 is 5.73 Å². The summed E-state index contributed by atoms with van der Waals surface area (Å²) < 4.78 is 0. The zero-order valence-corrected chi connectivity index (χ0v) is 10.0. The number of aromatic amines is 1. The highest BCUT2D eigenvalue weighted by atomic mass is 32.2. The molecule has 1 aliphatic rings. The molecule has 15 heavy (non-hydrogen) atoms. The molecule has 1 fully saturated rings. The molecule has 2 rings (SSSR count). The maximum absolute atomic E-state index is 5.76. The van der Waals surface area contributed by atoms with Gasteiger partial charge >= 0.3 is 0 Å². The van der Waals surface area contributed by atoms with Crippen LogP contribution in [-0.4, -0.2) is 27.7 Å². The monoisotopic (exact) mass is 225 g/mol. The lowest BCUT2D eigenvalue weighted by molar-refractivity contribution is 0.617. The fourth-order valence-electron chi connectivity index (χ4n) is 2.03. The summed E-state index contributed by atoms with van der Waals surface area (Å²) in [6.45, 7) is 2.03. The average molecular weight is 225 g/mol. The minimum absolute atomic E-state index is 0.209. The molecule has 1 unspecified atom stereocenters. The fraction of sp³-hybridized carbons (Fsp3) is 0.727. The van der Waals surface area contributed by atoms with Crippen molar-refractivity contribution in [2.24, 2.45) is 5.73 Å². The summed E-state index contributed by atoms with van der Waals surface area (Å²) in [5, 5.41) is 7.50. The van der Waals surface area contributed by atoms with Crippen LogP contribution >= 0.6 is 11.8 Å². The van der Waals surface area contributed by atoms with Gasteiger partial charge in [-0.2, -0.15) is 16.9 Å². The molecule has 3 N–H and O–H groups in total. The van der Waals surface area contributed by atoms with Gasteiger partial charge in [0.05, 0.1) is 5.69 Å². The Morgan fingerprint density at radius 2 is 2.33 bits per heavy atom. The van der Waals surface area contributed by atoms with E-state index in [1.165, 1.54) is 35.7 Å². The van der Waals surface area contributed by atoms with Crippen molar-refractivity contribution in [3.05, 3.63) is 17.5 Å². The van der Waals surface area contributed by atoms with E-state index in [4.69, 9.17) is 5.73 Å². The van der Waals surface area contributed by atoms with Crippen LogP contribution in [0.15, 0.2) is 6.07 Å². The Morgan fingerprint density at radius 3 is 3.00 bits per heavy atom. The maximum Gasteiger partial charge on any atom is 0.0656 e. The number of nitrogens with one attached hydrogen (secondary N) is 1. The van der Waals surface area contributed by atoms with Gasteiger partial charge in [-0.25, -0.2) is 0 Å². The molecule has 1 aliphatic heterocycles. The Labute approximate surface area is 95.2 Å². The van der Waals surface area contributed by atoms with Crippen molar-refractivity contribution >= 4 is 11.8 Å². The Bertz CT molecular complexity index is 303. The zero-order valence-electron chi connectivity index (χ0n) is 9.20. The highest BCUT2D eigenvalue weighted by Gasteiger charge is 2.18. The molecule has 0 spiro atoms. The Morgan fingerprint density at radius 1 is 1.60 bits per heavy atom. The van der Waals surface area contributed by atoms with E-state index in [9.17, 15) is 0 Å². The molecule has 1 aromatic heterocycles. The minimum atomic E-state index is 0.209.